The summed E-state index contributed by atoms with van der Waals surface area (Å²) < 4.78 is 10.1. The lowest BCUT2D eigenvalue weighted by atomic mass is 10.4. The molecule has 0 spiro atoms. The Hall–Kier alpha value is 0.390. The van der Waals surface area contributed by atoms with Crippen LogP contribution in [0.1, 0.15) is 6.92 Å². The normalized spacial score (nSPS) is 13.8. The summed E-state index contributed by atoms with van der Waals surface area (Å²) in [6, 6.07) is 0. The lowest BCUT2D eigenvalue weighted by Crippen LogP contribution is -2.27. The van der Waals surface area contributed by atoms with Crippen LogP contribution in [0.4, 0.5) is 0 Å². The van der Waals surface area contributed by atoms with E-state index in [0.29, 0.717) is 0 Å². The molecule has 0 saturated carbocycles. The number of rotatable bonds is 5. The highest BCUT2D eigenvalue weighted by Gasteiger charge is 2.24. The van der Waals surface area contributed by atoms with Crippen molar-refractivity contribution < 1.29 is 13.8 Å². The standard InChI is InChI=1S/C6H14NO3PS2/c1-5(6(8)7-2)13-11(12,9-3)10-4/h5H,1-4H3,(H,7,8). The van der Waals surface area contributed by atoms with Gasteiger partial charge in [-0.15, -0.1) is 0 Å². The van der Waals surface area contributed by atoms with Crippen molar-refractivity contribution in [1.82, 2.24) is 5.32 Å². The second-order valence-corrected chi connectivity index (χ2v) is 8.93. The molecule has 0 heterocycles. The van der Waals surface area contributed by atoms with E-state index in [1.54, 1.807) is 14.0 Å². The molecule has 0 aromatic heterocycles. The second kappa shape index (κ2) is 5.98. The molecule has 0 aliphatic carbocycles. The highest BCUT2D eigenvalue weighted by atomic mass is 32.9. The van der Waals surface area contributed by atoms with Gasteiger partial charge in [0.05, 0.1) is 5.25 Å². The van der Waals surface area contributed by atoms with Gasteiger partial charge in [0.25, 0.3) is 0 Å². The van der Waals surface area contributed by atoms with Crippen LogP contribution >= 0.6 is 17.1 Å². The van der Waals surface area contributed by atoms with Gasteiger partial charge in [-0.1, -0.05) is 11.4 Å². The van der Waals surface area contributed by atoms with E-state index in [0.717, 1.165) is 0 Å². The summed E-state index contributed by atoms with van der Waals surface area (Å²) in [5.41, 5.74) is -2.32. The fourth-order valence-corrected chi connectivity index (χ4v) is 4.65. The van der Waals surface area contributed by atoms with Crippen LogP contribution in [-0.2, 0) is 25.6 Å². The molecule has 0 aromatic rings. The van der Waals surface area contributed by atoms with Crippen molar-refractivity contribution in [1.29, 1.82) is 0 Å². The molecule has 78 valence electrons. The molecule has 1 amide bonds. The maximum atomic E-state index is 11.1. The van der Waals surface area contributed by atoms with Crippen LogP contribution in [0.25, 0.3) is 0 Å². The van der Waals surface area contributed by atoms with Gasteiger partial charge in [0.2, 0.25) is 11.6 Å². The average Bonchev–Trinajstić information content (AvgIpc) is 2.16. The first kappa shape index (κ1) is 13.4. The van der Waals surface area contributed by atoms with Gasteiger partial charge < -0.3 is 14.4 Å². The van der Waals surface area contributed by atoms with Crippen LogP contribution in [0.3, 0.4) is 0 Å². The molecule has 0 fully saturated rings. The molecule has 4 nitrogen and oxygen atoms in total. The van der Waals surface area contributed by atoms with E-state index >= 15 is 0 Å². The van der Waals surface area contributed by atoms with Crippen molar-refractivity contribution in [3.05, 3.63) is 0 Å². The van der Waals surface area contributed by atoms with Crippen molar-refractivity contribution >= 4 is 34.8 Å². The number of hydrogen-bond donors (Lipinski definition) is 1. The molecule has 0 aliphatic rings. The SMILES string of the molecule is CNC(=O)C(C)SP(=S)(OC)OC. The Kier molecular flexibility index (Phi) is 6.16. The van der Waals surface area contributed by atoms with Crippen LogP contribution < -0.4 is 5.32 Å². The van der Waals surface area contributed by atoms with Gasteiger partial charge in [-0.2, -0.15) is 0 Å². The van der Waals surface area contributed by atoms with Crippen LogP contribution in [-0.4, -0.2) is 32.4 Å². The molecule has 0 bridgehead atoms. The molecule has 13 heavy (non-hydrogen) atoms. The molecule has 0 aliphatic heterocycles. The second-order valence-electron chi connectivity index (χ2n) is 2.17. The maximum Gasteiger partial charge on any atom is 0.247 e. The summed E-state index contributed by atoms with van der Waals surface area (Å²) in [4.78, 5) is 11.1. The Labute approximate surface area is 87.7 Å². The molecule has 0 rings (SSSR count). The molecule has 1 atom stereocenters. The van der Waals surface area contributed by atoms with Gasteiger partial charge >= 0.3 is 0 Å². The number of carbonyl (C=O) groups is 1. The predicted molar refractivity (Wildman–Crippen MR) is 59.4 cm³/mol. The van der Waals surface area contributed by atoms with Crippen LogP contribution in [0.15, 0.2) is 0 Å². The minimum Gasteiger partial charge on any atom is -0.358 e. The zero-order chi connectivity index (χ0) is 10.5. The molecule has 0 radical (unpaired) electrons. The quantitative estimate of drug-likeness (QED) is 0.739. The van der Waals surface area contributed by atoms with E-state index < -0.39 is 5.69 Å². The minimum absolute atomic E-state index is 0.0756. The third-order valence-electron chi connectivity index (χ3n) is 1.35. The highest BCUT2D eigenvalue weighted by Crippen LogP contribution is 2.61. The number of nitrogens with one attached hydrogen (secondary N) is 1. The fourth-order valence-electron chi connectivity index (χ4n) is 0.605. The van der Waals surface area contributed by atoms with Gasteiger partial charge in [-0.3, -0.25) is 4.79 Å². The summed E-state index contributed by atoms with van der Waals surface area (Å²) >= 11 is 6.35. The lowest BCUT2D eigenvalue weighted by molar-refractivity contribution is -0.119. The average molecular weight is 243 g/mol. The molecule has 7 heteroatoms. The smallest absolute Gasteiger partial charge is 0.247 e. The zero-order valence-corrected chi connectivity index (χ0v) is 10.6. The lowest BCUT2D eigenvalue weighted by Gasteiger charge is -2.19. The van der Waals surface area contributed by atoms with E-state index in [2.05, 4.69) is 5.32 Å². The summed E-state index contributed by atoms with van der Waals surface area (Å²) in [5, 5.41) is 2.28. The van der Waals surface area contributed by atoms with Crippen molar-refractivity contribution in [3.8, 4) is 0 Å². The molecule has 1 N–H and O–H groups in total. The van der Waals surface area contributed by atoms with Crippen LogP contribution in [0, 0.1) is 0 Å². The van der Waals surface area contributed by atoms with Crippen LogP contribution in [0.5, 0.6) is 0 Å². The topological polar surface area (TPSA) is 47.6 Å². The molecular formula is C6H14NO3PS2. The highest BCUT2D eigenvalue weighted by molar-refractivity contribution is 8.68. The van der Waals surface area contributed by atoms with Crippen molar-refractivity contribution in [2.75, 3.05) is 21.3 Å². The Balaban J connectivity index is 4.25. The first-order valence-corrected chi connectivity index (χ1v) is 7.73. The number of carbonyl (C=O) groups excluding carboxylic acids is 1. The van der Waals surface area contributed by atoms with E-state index in [9.17, 15) is 4.79 Å². The van der Waals surface area contributed by atoms with Gasteiger partial charge in [0.15, 0.2) is 0 Å². The summed E-state index contributed by atoms with van der Waals surface area (Å²) in [7, 11) is 4.57. The largest absolute Gasteiger partial charge is 0.358 e. The van der Waals surface area contributed by atoms with Gasteiger partial charge in [0, 0.05) is 21.3 Å². The minimum atomic E-state index is -2.32. The molecular weight excluding hydrogens is 229 g/mol. The van der Waals surface area contributed by atoms with Gasteiger partial charge in [-0.05, 0) is 18.7 Å². The zero-order valence-electron chi connectivity index (χ0n) is 8.07. The molecule has 0 aromatic carbocycles. The fraction of sp³-hybridized carbons (Fsp3) is 0.833. The number of amides is 1. The van der Waals surface area contributed by atoms with Crippen molar-refractivity contribution in [2.45, 2.75) is 12.2 Å². The van der Waals surface area contributed by atoms with E-state index in [1.807, 2.05) is 0 Å². The van der Waals surface area contributed by atoms with E-state index in [4.69, 9.17) is 20.9 Å². The molecule has 1 unspecified atom stereocenters. The summed E-state index contributed by atoms with van der Waals surface area (Å²) in [6.45, 7) is 1.77. The Bertz CT molecular complexity index is 216. The van der Waals surface area contributed by atoms with Crippen molar-refractivity contribution in [2.24, 2.45) is 0 Å². The summed E-state index contributed by atoms with van der Waals surface area (Å²) in [5.74, 6) is -0.0756. The summed E-state index contributed by atoms with van der Waals surface area (Å²) in [6.07, 6.45) is 0. The molecule has 0 saturated heterocycles. The Morgan fingerprint density at radius 3 is 2.31 bits per heavy atom. The first-order valence-electron chi connectivity index (χ1n) is 3.60. The van der Waals surface area contributed by atoms with E-state index in [1.165, 1.54) is 25.6 Å². The van der Waals surface area contributed by atoms with Crippen molar-refractivity contribution in [3.63, 3.8) is 0 Å². The Morgan fingerprint density at radius 1 is 1.54 bits per heavy atom. The van der Waals surface area contributed by atoms with Gasteiger partial charge in [-0.25, -0.2) is 0 Å². The third kappa shape index (κ3) is 4.42. The third-order valence-corrected chi connectivity index (χ3v) is 7.32. The van der Waals surface area contributed by atoms with E-state index in [-0.39, 0.29) is 11.2 Å². The Morgan fingerprint density at radius 2 is 2.00 bits per heavy atom. The monoisotopic (exact) mass is 243 g/mol. The predicted octanol–water partition coefficient (Wildman–Crippen LogP) is 1.37. The van der Waals surface area contributed by atoms with Crippen LogP contribution in [0.2, 0.25) is 0 Å². The first-order chi connectivity index (χ1) is 5.99. The number of hydrogen-bond acceptors (Lipinski definition) is 5. The maximum absolute atomic E-state index is 11.1. The van der Waals surface area contributed by atoms with Gasteiger partial charge in [0.1, 0.15) is 0 Å².